The van der Waals surface area contributed by atoms with Gasteiger partial charge in [-0.3, -0.25) is 19.4 Å². The molecule has 0 spiro atoms. The number of benzene rings is 1. The molecule has 4 atom stereocenters. The third-order valence-corrected chi connectivity index (χ3v) is 8.47. The molecule has 4 unspecified atom stereocenters. The molecule has 3 aromatic heterocycles. The van der Waals surface area contributed by atoms with Crippen LogP contribution in [-0.2, 0) is 23.2 Å². The fourth-order valence-corrected chi connectivity index (χ4v) is 6.32. The van der Waals surface area contributed by atoms with Gasteiger partial charge in [-0.2, -0.15) is 10.1 Å². The number of methoxy groups -OCH3 is 1. The van der Waals surface area contributed by atoms with E-state index in [-0.39, 0.29) is 36.3 Å². The second-order valence-electron chi connectivity index (χ2n) is 11.2. The minimum absolute atomic E-state index is 0.0423. The Kier molecular flexibility index (Phi) is 8.34. The van der Waals surface area contributed by atoms with E-state index in [9.17, 15) is 9.90 Å². The molecule has 12 nitrogen and oxygen atoms in total. The molecule has 222 valence electrons. The van der Waals surface area contributed by atoms with E-state index in [1.54, 1.807) is 24.4 Å². The van der Waals surface area contributed by atoms with Crippen molar-refractivity contribution in [1.82, 2.24) is 24.7 Å². The van der Waals surface area contributed by atoms with Crippen LogP contribution in [0.3, 0.4) is 0 Å². The number of aryl methyl sites for hydroxylation is 1. The number of carbonyl (C=O) groups excluding carboxylic acids is 1. The Bertz CT molecular complexity index is 1490. The van der Waals surface area contributed by atoms with Gasteiger partial charge in [0.05, 0.1) is 49.1 Å². The number of rotatable bonds is 10. The average molecular weight is 576 g/mol. The summed E-state index contributed by atoms with van der Waals surface area (Å²) in [5.74, 6) is 0.919. The summed E-state index contributed by atoms with van der Waals surface area (Å²) in [5.41, 5.74) is 2.18. The van der Waals surface area contributed by atoms with Crippen molar-refractivity contribution in [3.05, 3.63) is 55.1 Å². The number of ether oxygens (including phenoxy) is 2. The van der Waals surface area contributed by atoms with E-state index in [2.05, 4.69) is 43.1 Å². The van der Waals surface area contributed by atoms with E-state index in [1.165, 1.54) is 12.5 Å². The zero-order chi connectivity index (χ0) is 29.1. The fourth-order valence-electron chi connectivity index (χ4n) is 6.32. The van der Waals surface area contributed by atoms with Crippen molar-refractivity contribution in [3.8, 4) is 5.88 Å². The van der Waals surface area contributed by atoms with Crippen LogP contribution in [-0.4, -0.2) is 74.7 Å². The predicted octanol–water partition coefficient (Wildman–Crippen LogP) is 3.36. The van der Waals surface area contributed by atoms with E-state index in [0.29, 0.717) is 31.3 Å². The Labute approximate surface area is 244 Å². The van der Waals surface area contributed by atoms with Gasteiger partial charge in [-0.05, 0) is 43.9 Å². The normalized spacial score (nSPS) is 22.5. The van der Waals surface area contributed by atoms with E-state index in [4.69, 9.17) is 13.9 Å². The van der Waals surface area contributed by atoms with Crippen LogP contribution in [0.25, 0.3) is 10.9 Å². The smallest absolute Gasteiger partial charge is 0.234 e. The van der Waals surface area contributed by atoms with E-state index in [1.807, 2.05) is 17.9 Å². The minimum Gasteiger partial charge on any atom is -0.467 e. The first-order chi connectivity index (χ1) is 20.5. The van der Waals surface area contributed by atoms with Crippen molar-refractivity contribution in [1.29, 1.82) is 0 Å². The van der Waals surface area contributed by atoms with Crippen LogP contribution >= 0.6 is 0 Å². The molecule has 1 aromatic carbocycles. The van der Waals surface area contributed by atoms with Gasteiger partial charge in [0.1, 0.15) is 6.26 Å². The number of hydrogen-bond acceptors (Lipinski definition) is 10. The first-order valence-electron chi connectivity index (χ1n) is 14.5. The zero-order valence-electron chi connectivity index (χ0n) is 24.0. The highest BCUT2D eigenvalue weighted by Crippen LogP contribution is 2.35. The van der Waals surface area contributed by atoms with Crippen LogP contribution in [0.4, 0.5) is 11.5 Å². The molecule has 4 aromatic rings. The summed E-state index contributed by atoms with van der Waals surface area (Å²) in [5, 5.41) is 15.8. The Balaban J connectivity index is 1.26. The SMILES string of the molecule is COCC1C(CN(C(=O)C2CCCC(O)C2)c2cncc(OCc3ncco3)n2)CCN1c1ccc2c(cnn2C)c1. The van der Waals surface area contributed by atoms with Crippen LogP contribution in [0.15, 0.2) is 53.7 Å². The molecular formula is C30H37N7O5. The number of fused-ring (bicyclic) bond motifs is 1. The minimum atomic E-state index is -0.471. The molecule has 42 heavy (non-hydrogen) atoms. The number of hydrogen-bond donors (Lipinski definition) is 1. The Hall–Kier alpha value is -4.03. The molecule has 1 aliphatic heterocycles. The molecule has 2 fully saturated rings. The molecule has 1 amide bonds. The molecule has 1 saturated carbocycles. The number of aliphatic hydroxyl groups excluding tert-OH is 1. The van der Waals surface area contributed by atoms with Crippen LogP contribution in [0.2, 0.25) is 0 Å². The Morgan fingerprint density at radius 2 is 2.12 bits per heavy atom. The van der Waals surface area contributed by atoms with Crippen molar-refractivity contribution in [3.63, 3.8) is 0 Å². The lowest BCUT2D eigenvalue weighted by atomic mass is 9.86. The monoisotopic (exact) mass is 575 g/mol. The number of carbonyl (C=O) groups is 1. The van der Waals surface area contributed by atoms with E-state index >= 15 is 0 Å². The summed E-state index contributed by atoms with van der Waals surface area (Å²) in [6.45, 7) is 1.90. The summed E-state index contributed by atoms with van der Waals surface area (Å²) < 4.78 is 18.6. The largest absolute Gasteiger partial charge is 0.467 e. The first-order valence-corrected chi connectivity index (χ1v) is 14.5. The molecule has 2 aliphatic rings. The summed E-state index contributed by atoms with van der Waals surface area (Å²) >= 11 is 0. The zero-order valence-corrected chi connectivity index (χ0v) is 24.0. The number of nitrogens with zero attached hydrogens (tertiary/aromatic N) is 7. The first kappa shape index (κ1) is 28.1. The molecule has 1 N–H and O–H groups in total. The second kappa shape index (κ2) is 12.5. The predicted molar refractivity (Wildman–Crippen MR) is 155 cm³/mol. The molecule has 0 radical (unpaired) electrons. The van der Waals surface area contributed by atoms with E-state index in [0.717, 1.165) is 48.8 Å². The van der Waals surface area contributed by atoms with Crippen molar-refractivity contribution in [2.75, 3.05) is 36.6 Å². The van der Waals surface area contributed by atoms with Crippen molar-refractivity contribution in [2.24, 2.45) is 18.9 Å². The van der Waals surface area contributed by atoms with Gasteiger partial charge in [0.25, 0.3) is 0 Å². The van der Waals surface area contributed by atoms with E-state index < -0.39 is 6.10 Å². The molecule has 0 bridgehead atoms. The second-order valence-corrected chi connectivity index (χ2v) is 11.2. The lowest BCUT2D eigenvalue weighted by molar-refractivity contribution is -0.124. The molecular weight excluding hydrogens is 538 g/mol. The van der Waals surface area contributed by atoms with Gasteiger partial charge in [0.2, 0.25) is 17.7 Å². The summed E-state index contributed by atoms with van der Waals surface area (Å²) in [6, 6.07) is 6.44. The van der Waals surface area contributed by atoms with Gasteiger partial charge in [0.15, 0.2) is 12.4 Å². The van der Waals surface area contributed by atoms with Crippen LogP contribution in [0.5, 0.6) is 5.88 Å². The highest BCUT2D eigenvalue weighted by molar-refractivity contribution is 5.94. The van der Waals surface area contributed by atoms with Gasteiger partial charge >= 0.3 is 0 Å². The molecule has 1 aliphatic carbocycles. The topological polar surface area (TPSA) is 132 Å². The molecule has 4 heterocycles. The van der Waals surface area contributed by atoms with Gasteiger partial charge in [-0.15, -0.1) is 0 Å². The third-order valence-electron chi connectivity index (χ3n) is 8.47. The highest BCUT2D eigenvalue weighted by Gasteiger charge is 2.39. The van der Waals surface area contributed by atoms with Gasteiger partial charge in [-0.25, -0.2) is 4.98 Å². The number of amides is 1. The quantitative estimate of drug-likeness (QED) is 0.300. The van der Waals surface area contributed by atoms with Crippen LogP contribution < -0.4 is 14.5 Å². The molecule has 12 heteroatoms. The molecule has 1 saturated heterocycles. The van der Waals surface area contributed by atoms with Gasteiger partial charge in [-0.1, -0.05) is 6.42 Å². The van der Waals surface area contributed by atoms with Crippen molar-refractivity contribution >= 4 is 28.3 Å². The highest BCUT2D eigenvalue weighted by atomic mass is 16.5. The maximum atomic E-state index is 14.1. The number of aromatic nitrogens is 5. The van der Waals surface area contributed by atoms with Crippen LogP contribution in [0, 0.1) is 11.8 Å². The van der Waals surface area contributed by atoms with Gasteiger partial charge < -0.3 is 23.9 Å². The third kappa shape index (κ3) is 5.95. The standard InChI is InChI=1S/C30H37N7O5/c1-35-25-7-6-23(12-22(25)14-33-35)36-10-8-21(26(36)18-40-2)17-37(30(39)20-4-3-5-24(38)13-20)27-15-31-16-28(34-27)42-19-29-32-9-11-41-29/h6-7,9,11-12,14-16,20-21,24,26,38H,3-5,8,10,13,17-19H2,1-2H3. The van der Waals surface area contributed by atoms with Gasteiger partial charge in [0, 0.05) is 50.2 Å². The fraction of sp³-hybridized carbons (Fsp3) is 0.500. The maximum absolute atomic E-state index is 14.1. The summed E-state index contributed by atoms with van der Waals surface area (Å²) in [4.78, 5) is 31.3. The maximum Gasteiger partial charge on any atom is 0.234 e. The average Bonchev–Trinajstić information content (AvgIpc) is 3.76. The summed E-state index contributed by atoms with van der Waals surface area (Å²) in [7, 11) is 3.65. The number of oxazole rings is 1. The van der Waals surface area contributed by atoms with Crippen LogP contribution in [0.1, 0.15) is 38.0 Å². The van der Waals surface area contributed by atoms with Crippen molar-refractivity contribution < 1.29 is 23.8 Å². The Morgan fingerprint density at radius 3 is 2.93 bits per heavy atom. The van der Waals surface area contributed by atoms with Crippen molar-refractivity contribution in [2.45, 2.75) is 50.9 Å². The lowest BCUT2D eigenvalue weighted by Crippen LogP contribution is -2.46. The number of anilines is 2. The Morgan fingerprint density at radius 1 is 1.21 bits per heavy atom. The summed E-state index contributed by atoms with van der Waals surface area (Å²) in [6.07, 6.45) is 11.2. The molecule has 6 rings (SSSR count). The lowest BCUT2D eigenvalue weighted by Gasteiger charge is -2.34. The number of aliphatic hydroxyl groups is 1.